The molecule has 1 aromatic heterocycles. The maximum atomic E-state index is 12.7. The third-order valence-electron chi connectivity index (χ3n) is 5.34. The maximum absolute atomic E-state index is 12.7. The molecule has 1 aliphatic heterocycles. The van der Waals surface area contributed by atoms with Crippen molar-refractivity contribution in [3.63, 3.8) is 0 Å². The third-order valence-corrected chi connectivity index (χ3v) is 6.26. The highest BCUT2D eigenvalue weighted by Crippen LogP contribution is 2.28. The molecule has 2 N–H and O–H groups in total. The first-order chi connectivity index (χ1) is 15.1. The Morgan fingerprint density at radius 1 is 1.06 bits per heavy atom. The summed E-state index contributed by atoms with van der Waals surface area (Å²) in [7, 11) is 0. The van der Waals surface area contributed by atoms with E-state index in [4.69, 9.17) is 15.2 Å². The van der Waals surface area contributed by atoms with Crippen LogP contribution in [0.15, 0.2) is 72.1 Å². The van der Waals surface area contributed by atoms with Crippen molar-refractivity contribution in [1.82, 2.24) is 4.90 Å². The highest BCUT2D eigenvalue weighted by atomic mass is 32.1. The van der Waals surface area contributed by atoms with Crippen molar-refractivity contribution in [2.75, 3.05) is 26.3 Å². The smallest absolute Gasteiger partial charge is 0.260 e. The molecule has 3 aromatic rings. The van der Waals surface area contributed by atoms with Crippen molar-refractivity contribution in [2.45, 2.75) is 12.0 Å². The molecular weight excluding hydrogens is 412 g/mol. The van der Waals surface area contributed by atoms with Crippen molar-refractivity contribution in [2.24, 2.45) is 5.73 Å². The van der Waals surface area contributed by atoms with Gasteiger partial charge in [-0.2, -0.15) is 0 Å². The average Bonchev–Trinajstić information content (AvgIpc) is 3.34. The largest absolute Gasteiger partial charge is 0.484 e. The van der Waals surface area contributed by atoms with Gasteiger partial charge in [-0.05, 0) is 34.7 Å². The van der Waals surface area contributed by atoms with Crippen LogP contribution in [0.2, 0.25) is 0 Å². The van der Waals surface area contributed by atoms with Gasteiger partial charge in [0, 0.05) is 17.8 Å². The van der Waals surface area contributed by atoms with E-state index in [9.17, 15) is 9.59 Å². The van der Waals surface area contributed by atoms with Gasteiger partial charge in [-0.25, -0.2) is 0 Å². The van der Waals surface area contributed by atoms with E-state index in [0.717, 1.165) is 11.1 Å². The van der Waals surface area contributed by atoms with E-state index in [0.29, 0.717) is 18.7 Å². The number of para-hydroxylation sites is 1. The SMILES string of the molecule is NC(=O)[C@@]1(Cc2ccc(-c3cccs3)cc2)CN(C(=O)COc2ccccc2)CCO1. The van der Waals surface area contributed by atoms with Crippen LogP contribution in [0.25, 0.3) is 10.4 Å². The lowest BCUT2D eigenvalue weighted by Gasteiger charge is -2.40. The summed E-state index contributed by atoms with van der Waals surface area (Å²) >= 11 is 1.67. The number of carbonyl (C=O) groups is 2. The molecule has 0 saturated carbocycles. The second-order valence-corrected chi connectivity index (χ2v) is 8.42. The summed E-state index contributed by atoms with van der Waals surface area (Å²) in [4.78, 5) is 27.9. The fourth-order valence-electron chi connectivity index (χ4n) is 3.65. The lowest BCUT2D eigenvalue weighted by molar-refractivity contribution is -0.164. The Hall–Kier alpha value is -3.16. The van der Waals surface area contributed by atoms with E-state index in [-0.39, 0.29) is 25.7 Å². The number of carbonyl (C=O) groups excluding carboxylic acids is 2. The zero-order valence-corrected chi connectivity index (χ0v) is 17.8. The van der Waals surface area contributed by atoms with E-state index < -0.39 is 11.5 Å². The van der Waals surface area contributed by atoms with Crippen LogP contribution >= 0.6 is 11.3 Å². The third kappa shape index (κ3) is 4.95. The van der Waals surface area contributed by atoms with Crippen molar-refractivity contribution >= 4 is 23.2 Å². The zero-order chi connectivity index (χ0) is 21.7. The fraction of sp³-hybridized carbons (Fsp3) is 0.250. The molecule has 2 aromatic carbocycles. The van der Waals surface area contributed by atoms with Crippen molar-refractivity contribution in [3.05, 3.63) is 77.7 Å². The number of nitrogens with zero attached hydrogens (tertiary/aromatic N) is 1. The Balaban J connectivity index is 1.44. The quantitative estimate of drug-likeness (QED) is 0.617. The maximum Gasteiger partial charge on any atom is 0.260 e. The van der Waals surface area contributed by atoms with Crippen molar-refractivity contribution in [1.29, 1.82) is 0 Å². The molecule has 160 valence electrons. The molecule has 1 saturated heterocycles. The number of benzene rings is 2. The zero-order valence-electron chi connectivity index (χ0n) is 17.0. The van der Waals surface area contributed by atoms with Crippen LogP contribution in [0, 0.1) is 0 Å². The van der Waals surface area contributed by atoms with Crippen LogP contribution in [0.4, 0.5) is 0 Å². The molecule has 2 amide bonds. The lowest BCUT2D eigenvalue weighted by Crippen LogP contribution is -2.61. The molecule has 0 bridgehead atoms. The Kier molecular flexibility index (Phi) is 6.34. The van der Waals surface area contributed by atoms with E-state index >= 15 is 0 Å². The number of nitrogens with two attached hydrogens (primary N) is 1. The van der Waals surface area contributed by atoms with Crippen molar-refractivity contribution in [3.8, 4) is 16.2 Å². The minimum Gasteiger partial charge on any atom is -0.484 e. The van der Waals surface area contributed by atoms with Gasteiger partial charge in [-0.15, -0.1) is 11.3 Å². The van der Waals surface area contributed by atoms with Gasteiger partial charge in [0.15, 0.2) is 12.2 Å². The van der Waals surface area contributed by atoms with Crippen LogP contribution in [0.1, 0.15) is 5.56 Å². The van der Waals surface area contributed by atoms with Crippen LogP contribution in [-0.4, -0.2) is 48.6 Å². The normalized spacial score (nSPS) is 18.5. The van der Waals surface area contributed by atoms with Gasteiger partial charge in [0.2, 0.25) is 0 Å². The van der Waals surface area contributed by atoms with E-state index in [1.807, 2.05) is 53.9 Å². The Morgan fingerprint density at radius 2 is 1.84 bits per heavy atom. The molecular formula is C24H24N2O4S. The monoisotopic (exact) mass is 436 g/mol. The lowest BCUT2D eigenvalue weighted by atomic mass is 9.91. The summed E-state index contributed by atoms with van der Waals surface area (Å²) in [6.07, 6.45) is 0.302. The molecule has 1 atom stereocenters. The first kappa shape index (κ1) is 21.1. The highest BCUT2D eigenvalue weighted by molar-refractivity contribution is 7.13. The topological polar surface area (TPSA) is 81.9 Å². The Morgan fingerprint density at radius 3 is 2.52 bits per heavy atom. The van der Waals surface area contributed by atoms with E-state index in [1.165, 1.54) is 4.88 Å². The summed E-state index contributed by atoms with van der Waals surface area (Å²) < 4.78 is 11.4. The number of thiophene rings is 1. The minimum atomic E-state index is -1.26. The van der Waals surface area contributed by atoms with Crippen molar-refractivity contribution < 1.29 is 19.1 Å². The number of amides is 2. The van der Waals surface area contributed by atoms with Gasteiger partial charge in [-0.1, -0.05) is 48.5 Å². The Labute approximate surface area is 185 Å². The summed E-state index contributed by atoms with van der Waals surface area (Å²) in [6, 6.07) is 21.2. The fourth-order valence-corrected chi connectivity index (χ4v) is 4.39. The molecule has 31 heavy (non-hydrogen) atoms. The van der Waals surface area contributed by atoms with Gasteiger partial charge in [0.1, 0.15) is 5.75 Å². The second kappa shape index (κ2) is 9.32. The predicted octanol–water partition coefficient (Wildman–Crippen LogP) is 3.12. The van der Waals surface area contributed by atoms with Gasteiger partial charge in [0.05, 0.1) is 13.2 Å². The molecule has 1 fully saturated rings. The first-order valence-corrected chi connectivity index (χ1v) is 11.0. The number of hydrogen-bond donors (Lipinski definition) is 1. The van der Waals surface area contributed by atoms with Gasteiger partial charge in [-0.3, -0.25) is 9.59 Å². The summed E-state index contributed by atoms with van der Waals surface area (Å²) in [5.74, 6) is -0.154. The summed E-state index contributed by atoms with van der Waals surface area (Å²) in [5.41, 5.74) is 6.54. The first-order valence-electron chi connectivity index (χ1n) is 10.1. The molecule has 6 nitrogen and oxygen atoms in total. The number of morpholine rings is 1. The van der Waals surface area contributed by atoms with Gasteiger partial charge < -0.3 is 20.1 Å². The number of rotatable bonds is 7. The average molecular weight is 437 g/mol. The van der Waals surface area contributed by atoms with Gasteiger partial charge >= 0.3 is 0 Å². The molecule has 0 aliphatic carbocycles. The molecule has 7 heteroatoms. The molecule has 4 rings (SSSR count). The molecule has 0 unspecified atom stereocenters. The van der Waals surface area contributed by atoms with E-state index in [1.54, 1.807) is 28.4 Å². The van der Waals surface area contributed by atoms with Crippen LogP contribution in [0.3, 0.4) is 0 Å². The van der Waals surface area contributed by atoms with E-state index in [2.05, 4.69) is 6.07 Å². The van der Waals surface area contributed by atoms with Crippen LogP contribution in [0.5, 0.6) is 5.75 Å². The molecule has 0 spiro atoms. The number of primary amides is 1. The minimum absolute atomic E-state index is 0.103. The Bertz CT molecular complexity index is 1020. The second-order valence-electron chi connectivity index (χ2n) is 7.48. The molecule has 2 heterocycles. The highest BCUT2D eigenvalue weighted by Gasteiger charge is 2.43. The predicted molar refractivity (Wildman–Crippen MR) is 120 cm³/mol. The number of hydrogen-bond acceptors (Lipinski definition) is 5. The van der Waals surface area contributed by atoms with Gasteiger partial charge in [0.25, 0.3) is 11.8 Å². The molecule has 0 radical (unpaired) electrons. The summed E-state index contributed by atoms with van der Waals surface area (Å²) in [6.45, 7) is 0.636. The van der Waals surface area contributed by atoms with Crippen LogP contribution in [-0.2, 0) is 20.7 Å². The summed E-state index contributed by atoms with van der Waals surface area (Å²) in [5, 5.41) is 2.04. The molecule has 1 aliphatic rings. The number of ether oxygens (including phenoxy) is 2. The standard InChI is InChI=1S/C24H24N2O4S/c25-23(28)24(15-18-8-10-19(11-9-18)21-7-4-14-31-21)17-26(12-13-30-24)22(27)16-29-20-5-2-1-3-6-20/h1-11,14H,12-13,15-17H2,(H2,25,28)/t24-/m1/s1. The van der Waals surface area contributed by atoms with Crippen LogP contribution < -0.4 is 10.5 Å².